The molecule has 1 aliphatic heterocycles. The third-order valence-electron chi connectivity index (χ3n) is 5.99. The van der Waals surface area contributed by atoms with Crippen LogP contribution in [-0.4, -0.2) is 38.4 Å². The van der Waals surface area contributed by atoms with Crippen molar-refractivity contribution in [2.24, 2.45) is 10.7 Å². The largest absolute Gasteiger partial charge is 0.494 e. The molecule has 6 heteroatoms. The lowest BCUT2D eigenvalue weighted by atomic mass is 9.74. The fraction of sp³-hybridized carbons (Fsp3) is 0.682. The Bertz CT molecular complexity index is 592. The summed E-state index contributed by atoms with van der Waals surface area (Å²) in [7, 11) is 0. The fourth-order valence-electron chi connectivity index (χ4n) is 4.29. The van der Waals surface area contributed by atoms with Crippen LogP contribution in [0.1, 0.15) is 63.9 Å². The zero-order chi connectivity index (χ0) is 19.0. The molecule has 3 N–H and O–H groups in total. The Labute approximate surface area is 186 Å². The van der Waals surface area contributed by atoms with Gasteiger partial charge in [0.1, 0.15) is 5.75 Å². The van der Waals surface area contributed by atoms with Crippen LogP contribution in [0.15, 0.2) is 29.3 Å². The van der Waals surface area contributed by atoms with Crippen molar-refractivity contribution in [1.82, 2.24) is 5.32 Å². The molecular weight excluding hydrogens is 465 g/mol. The predicted molar refractivity (Wildman–Crippen MR) is 126 cm³/mol. The average Bonchev–Trinajstić information content (AvgIpc) is 2.97. The van der Waals surface area contributed by atoms with Gasteiger partial charge in [0, 0.05) is 24.7 Å². The zero-order valence-corrected chi connectivity index (χ0v) is 19.5. The van der Waals surface area contributed by atoms with Crippen molar-refractivity contribution < 1.29 is 9.47 Å². The summed E-state index contributed by atoms with van der Waals surface area (Å²) >= 11 is 0. The van der Waals surface area contributed by atoms with Crippen LogP contribution in [0.25, 0.3) is 0 Å². The van der Waals surface area contributed by atoms with Crippen molar-refractivity contribution in [2.75, 3.05) is 26.4 Å². The van der Waals surface area contributed by atoms with Gasteiger partial charge in [-0.2, -0.15) is 0 Å². The Morgan fingerprint density at radius 1 is 1.14 bits per heavy atom. The summed E-state index contributed by atoms with van der Waals surface area (Å²) in [5, 5.41) is 3.47. The average molecular weight is 501 g/mol. The number of aliphatic imine (C=N–C) groups is 1. The first kappa shape index (κ1) is 23.3. The number of ether oxygens (including phenoxy) is 2. The second-order valence-electron chi connectivity index (χ2n) is 7.88. The first-order chi connectivity index (χ1) is 13.2. The highest BCUT2D eigenvalue weighted by Gasteiger charge is 2.34. The predicted octanol–water partition coefficient (Wildman–Crippen LogP) is 4.38. The molecule has 0 radical (unpaired) electrons. The summed E-state index contributed by atoms with van der Waals surface area (Å²) in [5.74, 6) is 1.51. The van der Waals surface area contributed by atoms with E-state index in [9.17, 15) is 0 Å². The first-order valence-corrected chi connectivity index (χ1v) is 10.6. The van der Waals surface area contributed by atoms with Crippen molar-refractivity contribution in [2.45, 2.75) is 69.7 Å². The fourth-order valence-corrected chi connectivity index (χ4v) is 4.29. The smallest absolute Gasteiger partial charge is 0.188 e. The number of rotatable bonds is 6. The van der Waals surface area contributed by atoms with Crippen LogP contribution in [0.5, 0.6) is 5.75 Å². The van der Waals surface area contributed by atoms with E-state index < -0.39 is 0 Å². The molecule has 1 saturated heterocycles. The van der Waals surface area contributed by atoms with Crippen molar-refractivity contribution in [3.8, 4) is 5.75 Å². The van der Waals surface area contributed by atoms with Gasteiger partial charge in [-0.1, -0.05) is 37.8 Å². The van der Waals surface area contributed by atoms with E-state index in [4.69, 9.17) is 20.2 Å². The molecule has 3 rings (SSSR count). The molecular formula is C22H36IN3O2. The zero-order valence-electron chi connectivity index (χ0n) is 17.1. The Kier molecular flexibility index (Phi) is 9.85. The Morgan fingerprint density at radius 3 is 2.39 bits per heavy atom. The highest BCUT2D eigenvalue weighted by molar-refractivity contribution is 14.0. The molecule has 1 aromatic rings. The van der Waals surface area contributed by atoms with Crippen LogP contribution in [0.3, 0.4) is 0 Å². The van der Waals surface area contributed by atoms with Gasteiger partial charge >= 0.3 is 0 Å². The van der Waals surface area contributed by atoms with Crippen LogP contribution in [-0.2, 0) is 10.2 Å². The van der Waals surface area contributed by atoms with Crippen LogP contribution in [0.2, 0.25) is 0 Å². The molecule has 1 aliphatic carbocycles. The lowest BCUT2D eigenvalue weighted by molar-refractivity contribution is 0.0531. The molecule has 28 heavy (non-hydrogen) atoms. The van der Waals surface area contributed by atoms with E-state index in [2.05, 4.69) is 29.6 Å². The van der Waals surface area contributed by atoms with Gasteiger partial charge in [-0.25, -0.2) is 0 Å². The normalized spacial score (nSPS) is 20.7. The molecule has 158 valence electrons. The molecule has 2 fully saturated rings. The van der Waals surface area contributed by atoms with Crippen LogP contribution >= 0.6 is 24.0 Å². The van der Waals surface area contributed by atoms with E-state index in [1.54, 1.807) is 0 Å². The van der Waals surface area contributed by atoms with Crippen molar-refractivity contribution in [3.05, 3.63) is 29.8 Å². The molecule has 1 aromatic carbocycles. The van der Waals surface area contributed by atoms with Crippen molar-refractivity contribution in [3.63, 3.8) is 0 Å². The summed E-state index contributed by atoms with van der Waals surface area (Å²) in [6.07, 6.45) is 9.62. The molecule has 0 aromatic heterocycles. The SMILES string of the molecule is CCOc1ccc(C2(CN=C(N)NC3CCCCCC3)CCOCC2)cc1.I. The molecule has 2 aliphatic rings. The minimum Gasteiger partial charge on any atom is -0.494 e. The summed E-state index contributed by atoms with van der Waals surface area (Å²) in [4.78, 5) is 4.78. The number of guanidine groups is 1. The summed E-state index contributed by atoms with van der Waals surface area (Å²) in [5.41, 5.74) is 7.57. The van der Waals surface area contributed by atoms with Crippen LogP contribution in [0, 0.1) is 0 Å². The minimum atomic E-state index is -0.00124. The molecule has 0 spiro atoms. The maximum absolute atomic E-state index is 6.26. The van der Waals surface area contributed by atoms with Crippen molar-refractivity contribution >= 4 is 29.9 Å². The van der Waals surface area contributed by atoms with E-state index in [1.165, 1.54) is 44.1 Å². The van der Waals surface area contributed by atoms with Gasteiger partial charge in [0.05, 0.1) is 13.2 Å². The lowest BCUT2D eigenvalue weighted by Crippen LogP contribution is -2.42. The molecule has 5 nitrogen and oxygen atoms in total. The highest BCUT2D eigenvalue weighted by Crippen LogP contribution is 2.36. The molecule has 1 heterocycles. The number of halogens is 1. The minimum absolute atomic E-state index is 0. The van der Waals surface area contributed by atoms with E-state index >= 15 is 0 Å². The van der Waals surface area contributed by atoms with E-state index in [-0.39, 0.29) is 29.4 Å². The second-order valence-corrected chi connectivity index (χ2v) is 7.88. The van der Waals surface area contributed by atoms with Gasteiger partial charge in [-0.05, 0) is 50.3 Å². The topological polar surface area (TPSA) is 68.9 Å². The van der Waals surface area contributed by atoms with Gasteiger partial charge < -0.3 is 20.5 Å². The molecule has 0 atom stereocenters. The number of nitrogens with two attached hydrogens (primary N) is 1. The van der Waals surface area contributed by atoms with Crippen LogP contribution < -0.4 is 15.8 Å². The lowest BCUT2D eigenvalue weighted by Gasteiger charge is -2.36. The van der Waals surface area contributed by atoms with E-state index in [1.807, 2.05) is 6.92 Å². The molecule has 1 saturated carbocycles. The van der Waals surface area contributed by atoms with Gasteiger partial charge in [0.25, 0.3) is 0 Å². The number of benzene rings is 1. The molecule has 0 bridgehead atoms. The standard InChI is InChI=1S/C22H35N3O2.HI/c1-2-27-20-11-9-18(10-12-20)22(13-15-26-16-14-22)17-24-21(23)25-19-7-5-3-4-6-8-19;/h9-12,19H,2-8,13-17H2,1H3,(H3,23,24,25);1H. The second kappa shape index (κ2) is 11.9. The number of nitrogens with one attached hydrogen (secondary N) is 1. The summed E-state index contributed by atoms with van der Waals surface area (Å²) < 4.78 is 11.2. The molecule has 0 unspecified atom stereocenters. The third-order valence-corrected chi connectivity index (χ3v) is 5.99. The van der Waals surface area contributed by atoms with Gasteiger partial charge in [0.2, 0.25) is 0 Å². The Balaban J connectivity index is 0.00000280. The monoisotopic (exact) mass is 501 g/mol. The third kappa shape index (κ3) is 6.51. The van der Waals surface area contributed by atoms with Gasteiger partial charge in [-0.15, -0.1) is 24.0 Å². The van der Waals surface area contributed by atoms with Gasteiger partial charge in [0.15, 0.2) is 5.96 Å². The highest BCUT2D eigenvalue weighted by atomic mass is 127. The Morgan fingerprint density at radius 2 is 1.79 bits per heavy atom. The van der Waals surface area contributed by atoms with E-state index in [0.717, 1.165) is 31.8 Å². The first-order valence-electron chi connectivity index (χ1n) is 10.6. The number of hydrogen-bond acceptors (Lipinski definition) is 3. The van der Waals surface area contributed by atoms with Crippen LogP contribution in [0.4, 0.5) is 0 Å². The Hall–Kier alpha value is -1.02. The number of nitrogens with zero attached hydrogens (tertiary/aromatic N) is 1. The van der Waals surface area contributed by atoms with Gasteiger partial charge in [-0.3, -0.25) is 4.99 Å². The quantitative estimate of drug-likeness (QED) is 0.263. The summed E-state index contributed by atoms with van der Waals surface area (Å²) in [6, 6.07) is 8.97. The van der Waals surface area contributed by atoms with Crippen molar-refractivity contribution in [1.29, 1.82) is 0 Å². The number of hydrogen-bond donors (Lipinski definition) is 2. The van der Waals surface area contributed by atoms with E-state index in [0.29, 0.717) is 25.2 Å². The molecule has 0 amide bonds. The summed E-state index contributed by atoms with van der Waals surface area (Å²) in [6.45, 7) is 4.95. The maximum atomic E-state index is 6.26. The maximum Gasteiger partial charge on any atom is 0.188 e.